The van der Waals surface area contributed by atoms with E-state index in [0.717, 1.165) is 25.3 Å². The molecule has 1 aromatic heterocycles. The van der Waals surface area contributed by atoms with Crippen molar-refractivity contribution < 1.29 is 0 Å². The highest BCUT2D eigenvalue weighted by atomic mass is 15.1. The van der Waals surface area contributed by atoms with Crippen LogP contribution in [0.4, 0.5) is 5.69 Å². The maximum atomic E-state index is 4.42. The molecule has 0 saturated heterocycles. The average Bonchev–Trinajstić information content (AvgIpc) is 2.28. The van der Waals surface area contributed by atoms with Gasteiger partial charge in [-0.15, -0.1) is 0 Å². The molecule has 0 aliphatic carbocycles. The molecule has 1 heterocycles. The first kappa shape index (κ1) is 15.0. The van der Waals surface area contributed by atoms with Crippen molar-refractivity contribution in [1.82, 2.24) is 10.3 Å². The van der Waals surface area contributed by atoms with Crippen molar-refractivity contribution in [2.24, 2.45) is 0 Å². The van der Waals surface area contributed by atoms with E-state index in [4.69, 9.17) is 0 Å². The third kappa shape index (κ3) is 4.30. The van der Waals surface area contributed by atoms with Gasteiger partial charge < -0.3 is 10.2 Å². The number of anilines is 1. The standard InChI is InChI=1S/C15H27N3/c1-7-18(8-2)14-9-12(3)16-10-13(14)11-17-15(4,5)6/h9-10,17H,7-8,11H2,1-6H3. The minimum atomic E-state index is 0.130. The average molecular weight is 249 g/mol. The molecule has 0 saturated carbocycles. The molecule has 18 heavy (non-hydrogen) atoms. The van der Waals surface area contributed by atoms with Gasteiger partial charge in [-0.2, -0.15) is 0 Å². The second-order valence-corrected chi connectivity index (χ2v) is 5.73. The van der Waals surface area contributed by atoms with Gasteiger partial charge in [0.15, 0.2) is 0 Å². The molecule has 3 heteroatoms. The van der Waals surface area contributed by atoms with Crippen LogP contribution in [0.5, 0.6) is 0 Å². The smallest absolute Gasteiger partial charge is 0.0445 e. The van der Waals surface area contributed by atoms with Gasteiger partial charge in [0, 0.05) is 48.3 Å². The number of nitrogens with one attached hydrogen (secondary N) is 1. The van der Waals surface area contributed by atoms with E-state index < -0.39 is 0 Å². The quantitative estimate of drug-likeness (QED) is 0.869. The SMILES string of the molecule is CCN(CC)c1cc(C)ncc1CNC(C)(C)C. The van der Waals surface area contributed by atoms with Crippen molar-refractivity contribution in [3.05, 3.63) is 23.5 Å². The minimum Gasteiger partial charge on any atom is -0.372 e. The van der Waals surface area contributed by atoms with Gasteiger partial charge in [-0.3, -0.25) is 4.98 Å². The summed E-state index contributed by atoms with van der Waals surface area (Å²) in [5, 5.41) is 3.53. The van der Waals surface area contributed by atoms with Gasteiger partial charge in [-0.05, 0) is 47.6 Å². The van der Waals surface area contributed by atoms with E-state index >= 15 is 0 Å². The molecule has 1 rings (SSSR count). The van der Waals surface area contributed by atoms with Crippen LogP contribution in [0.1, 0.15) is 45.9 Å². The lowest BCUT2D eigenvalue weighted by Gasteiger charge is -2.26. The molecule has 0 bridgehead atoms. The minimum absolute atomic E-state index is 0.130. The van der Waals surface area contributed by atoms with Gasteiger partial charge in [-0.1, -0.05) is 0 Å². The van der Waals surface area contributed by atoms with Crippen LogP contribution in [0.3, 0.4) is 0 Å². The summed E-state index contributed by atoms with van der Waals surface area (Å²) in [6.07, 6.45) is 2.00. The molecular weight excluding hydrogens is 222 g/mol. The molecule has 0 aliphatic rings. The second-order valence-electron chi connectivity index (χ2n) is 5.73. The molecular formula is C15H27N3. The number of nitrogens with zero attached hydrogens (tertiary/aromatic N) is 2. The van der Waals surface area contributed by atoms with Crippen LogP contribution >= 0.6 is 0 Å². The molecule has 0 radical (unpaired) electrons. The Morgan fingerprint density at radius 3 is 2.33 bits per heavy atom. The highest BCUT2D eigenvalue weighted by Crippen LogP contribution is 2.21. The summed E-state index contributed by atoms with van der Waals surface area (Å²) >= 11 is 0. The van der Waals surface area contributed by atoms with Gasteiger partial charge >= 0.3 is 0 Å². The number of rotatable bonds is 5. The Balaban J connectivity index is 2.96. The summed E-state index contributed by atoms with van der Waals surface area (Å²) in [7, 11) is 0. The highest BCUT2D eigenvalue weighted by Gasteiger charge is 2.13. The molecule has 0 aliphatic heterocycles. The maximum absolute atomic E-state index is 4.42. The zero-order valence-electron chi connectivity index (χ0n) is 12.7. The topological polar surface area (TPSA) is 28.2 Å². The Morgan fingerprint density at radius 1 is 1.22 bits per heavy atom. The van der Waals surface area contributed by atoms with Gasteiger partial charge in [-0.25, -0.2) is 0 Å². The zero-order chi connectivity index (χ0) is 13.8. The first-order valence-corrected chi connectivity index (χ1v) is 6.83. The van der Waals surface area contributed by atoms with Crippen molar-refractivity contribution in [3.8, 4) is 0 Å². The first-order chi connectivity index (χ1) is 8.37. The van der Waals surface area contributed by atoms with E-state index in [-0.39, 0.29) is 5.54 Å². The van der Waals surface area contributed by atoms with Gasteiger partial charge in [0.25, 0.3) is 0 Å². The van der Waals surface area contributed by atoms with Crippen molar-refractivity contribution in [2.75, 3.05) is 18.0 Å². The van der Waals surface area contributed by atoms with Crippen LogP contribution in [-0.2, 0) is 6.54 Å². The molecule has 3 nitrogen and oxygen atoms in total. The fourth-order valence-electron chi connectivity index (χ4n) is 1.93. The van der Waals surface area contributed by atoms with E-state index in [1.54, 1.807) is 0 Å². The molecule has 0 amide bonds. The van der Waals surface area contributed by atoms with E-state index in [9.17, 15) is 0 Å². The molecule has 0 aromatic carbocycles. The Kier molecular flexibility index (Phi) is 5.15. The van der Waals surface area contributed by atoms with Crippen molar-refractivity contribution >= 4 is 5.69 Å². The van der Waals surface area contributed by atoms with E-state index in [1.807, 2.05) is 13.1 Å². The number of hydrogen-bond donors (Lipinski definition) is 1. The summed E-state index contributed by atoms with van der Waals surface area (Å²) in [6.45, 7) is 15.9. The third-order valence-electron chi connectivity index (χ3n) is 3.01. The number of pyridine rings is 1. The first-order valence-electron chi connectivity index (χ1n) is 6.83. The van der Waals surface area contributed by atoms with E-state index in [1.165, 1.54) is 11.3 Å². The van der Waals surface area contributed by atoms with Crippen LogP contribution in [0.15, 0.2) is 12.3 Å². The lowest BCUT2D eigenvalue weighted by atomic mass is 10.1. The molecule has 102 valence electrons. The molecule has 1 N–H and O–H groups in total. The Hall–Kier alpha value is -1.09. The molecule has 0 atom stereocenters. The highest BCUT2D eigenvalue weighted by molar-refractivity contribution is 5.53. The van der Waals surface area contributed by atoms with Crippen LogP contribution in [0.25, 0.3) is 0 Å². The lowest BCUT2D eigenvalue weighted by Crippen LogP contribution is -2.36. The summed E-state index contributed by atoms with van der Waals surface area (Å²) in [5.41, 5.74) is 3.80. The molecule has 0 fully saturated rings. The van der Waals surface area contributed by atoms with Crippen LogP contribution in [0.2, 0.25) is 0 Å². The van der Waals surface area contributed by atoms with Crippen LogP contribution in [0, 0.1) is 6.92 Å². The zero-order valence-corrected chi connectivity index (χ0v) is 12.7. The molecule has 1 aromatic rings. The fourth-order valence-corrected chi connectivity index (χ4v) is 1.93. The second kappa shape index (κ2) is 6.19. The monoisotopic (exact) mass is 249 g/mol. The molecule has 0 spiro atoms. The van der Waals surface area contributed by atoms with Crippen molar-refractivity contribution in [2.45, 2.75) is 53.6 Å². The van der Waals surface area contributed by atoms with Crippen LogP contribution < -0.4 is 10.2 Å². The normalized spacial score (nSPS) is 11.7. The predicted molar refractivity (Wildman–Crippen MR) is 79.1 cm³/mol. The molecule has 0 unspecified atom stereocenters. The fraction of sp³-hybridized carbons (Fsp3) is 0.667. The predicted octanol–water partition coefficient (Wildman–Crippen LogP) is 3.12. The Morgan fingerprint density at radius 2 is 1.83 bits per heavy atom. The van der Waals surface area contributed by atoms with Crippen molar-refractivity contribution in [3.63, 3.8) is 0 Å². The summed E-state index contributed by atoms with van der Waals surface area (Å²) in [4.78, 5) is 6.81. The van der Waals surface area contributed by atoms with E-state index in [0.29, 0.717) is 0 Å². The van der Waals surface area contributed by atoms with Gasteiger partial charge in [0.1, 0.15) is 0 Å². The van der Waals surface area contributed by atoms with Gasteiger partial charge in [0.2, 0.25) is 0 Å². The Labute approximate surface area is 112 Å². The Bertz CT molecular complexity index is 376. The van der Waals surface area contributed by atoms with Crippen LogP contribution in [-0.4, -0.2) is 23.6 Å². The van der Waals surface area contributed by atoms with E-state index in [2.05, 4.69) is 55.9 Å². The number of aryl methyl sites for hydroxylation is 1. The summed E-state index contributed by atoms with van der Waals surface area (Å²) in [6, 6.07) is 2.19. The maximum Gasteiger partial charge on any atom is 0.0445 e. The van der Waals surface area contributed by atoms with Gasteiger partial charge in [0.05, 0.1) is 0 Å². The lowest BCUT2D eigenvalue weighted by molar-refractivity contribution is 0.424. The van der Waals surface area contributed by atoms with Crippen molar-refractivity contribution in [1.29, 1.82) is 0 Å². The third-order valence-corrected chi connectivity index (χ3v) is 3.01. The summed E-state index contributed by atoms with van der Waals surface area (Å²) < 4.78 is 0. The number of aromatic nitrogens is 1. The summed E-state index contributed by atoms with van der Waals surface area (Å²) in [5.74, 6) is 0. The largest absolute Gasteiger partial charge is 0.372 e. The number of hydrogen-bond acceptors (Lipinski definition) is 3.